The lowest BCUT2D eigenvalue weighted by atomic mass is 9.85. The summed E-state index contributed by atoms with van der Waals surface area (Å²) in [6.07, 6.45) is 3.28. The molecule has 0 aromatic rings. The van der Waals surface area contributed by atoms with Crippen LogP contribution in [0.4, 0.5) is 0 Å². The van der Waals surface area contributed by atoms with Crippen LogP contribution in [0.2, 0.25) is 0 Å². The van der Waals surface area contributed by atoms with Crippen molar-refractivity contribution in [2.75, 3.05) is 26.3 Å². The Kier molecular flexibility index (Phi) is 6.80. The molecule has 2 atom stereocenters. The van der Waals surface area contributed by atoms with Crippen molar-refractivity contribution in [2.24, 2.45) is 0 Å². The van der Waals surface area contributed by atoms with Crippen LogP contribution in [0.3, 0.4) is 0 Å². The first kappa shape index (κ1) is 18.2. The zero-order chi connectivity index (χ0) is 16.8. The number of carboxylic acid groups (broad SMARTS) is 1. The molecule has 132 valence electrons. The lowest BCUT2D eigenvalue weighted by Crippen LogP contribution is -2.56. The van der Waals surface area contributed by atoms with Gasteiger partial charge in [0.05, 0.1) is 19.3 Å². The average Bonchev–Trinajstić information content (AvgIpc) is 2.98. The third-order valence-electron chi connectivity index (χ3n) is 4.65. The summed E-state index contributed by atoms with van der Waals surface area (Å²) in [4.78, 5) is 24.8. The van der Waals surface area contributed by atoms with E-state index in [1.807, 2.05) is 11.8 Å². The Bertz CT molecular complexity index is 405. The van der Waals surface area contributed by atoms with E-state index in [9.17, 15) is 9.59 Å². The van der Waals surface area contributed by atoms with Gasteiger partial charge in [-0.1, -0.05) is 6.92 Å². The van der Waals surface area contributed by atoms with E-state index in [2.05, 4.69) is 5.32 Å². The summed E-state index contributed by atoms with van der Waals surface area (Å²) in [7, 11) is 0. The standard InChI is InChI=1S/C16H28N2O5/c1-3-18(9-15(19)20)13-7-12(8-13)17-16(21)11(2)23-10-14-5-4-6-22-14/h11-14H,3-10H2,1-2H3,(H,17,21)(H,19,20)/t11-,12?,13?,14+/m0/s1. The summed E-state index contributed by atoms with van der Waals surface area (Å²) in [6, 6.07) is 0.355. The van der Waals surface area contributed by atoms with E-state index in [4.69, 9.17) is 14.6 Å². The summed E-state index contributed by atoms with van der Waals surface area (Å²) < 4.78 is 11.1. The van der Waals surface area contributed by atoms with Crippen molar-refractivity contribution in [3.05, 3.63) is 0 Å². The molecule has 7 nitrogen and oxygen atoms in total. The molecule has 1 amide bonds. The van der Waals surface area contributed by atoms with Crippen LogP contribution < -0.4 is 5.32 Å². The highest BCUT2D eigenvalue weighted by atomic mass is 16.5. The van der Waals surface area contributed by atoms with Crippen LogP contribution in [0.15, 0.2) is 0 Å². The van der Waals surface area contributed by atoms with Gasteiger partial charge in [0.2, 0.25) is 5.91 Å². The van der Waals surface area contributed by atoms with E-state index in [0.29, 0.717) is 13.2 Å². The molecule has 1 saturated heterocycles. The van der Waals surface area contributed by atoms with Gasteiger partial charge in [-0.3, -0.25) is 14.5 Å². The average molecular weight is 328 g/mol. The minimum atomic E-state index is -0.810. The van der Waals surface area contributed by atoms with Crippen molar-refractivity contribution in [2.45, 2.75) is 63.8 Å². The number of nitrogens with one attached hydrogen (secondary N) is 1. The number of nitrogens with zero attached hydrogens (tertiary/aromatic N) is 1. The number of carboxylic acids is 1. The Morgan fingerprint density at radius 2 is 2.17 bits per heavy atom. The first-order chi connectivity index (χ1) is 11.0. The highest BCUT2D eigenvalue weighted by Gasteiger charge is 2.35. The second-order valence-electron chi connectivity index (χ2n) is 6.40. The topological polar surface area (TPSA) is 88.1 Å². The molecule has 2 rings (SSSR count). The van der Waals surface area contributed by atoms with Gasteiger partial charge in [0.15, 0.2) is 0 Å². The van der Waals surface area contributed by atoms with Crippen LogP contribution in [0.25, 0.3) is 0 Å². The fourth-order valence-electron chi connectivity index (χ4n) is 3.10. The van der Waals surface area contributed by atoms with Crippen LogP contribution in [0.1, 0.15) is 39.5 Å². The molecule has 7 heteroatoms. The smallest absolute Gasteiger partial charge is 0.317 e. The lowest BCUT2D eigenvalue weighted by molar-refractivity contribution is -0.140. The van der Waals surface area contributed by atoms with Gasteiger partial charge in [-0.2, -0.15) is 0 Å². The second-order valence-corrected chi connectivity index (χ2v) is 6.40. The first-order valence-corrected chi connectivity index (χ1v) is 8.49. The summed E-state index contributed by atoms with van der Waals surface area (Å²) in [5.41, 5.74) is 0. The van der Waals surface area contributed by atoms with Crippen LogP contribution >= 0.6 is 0 Å². The number of ether oxygens (including phenoxy) is 2. The lowest BCUT2D eigenvalue weighted by Gasteiger charge is -2.42. The van der Waals surface area contributed by atoms with E-state index in [0.717, 1.165) is 32.3 Å². The molecular formula is C16H28N2O5. The van der Waals surface area contributed by atoms with Gasteiger partial charge in [-0.15, -0.1) is 0 Å². The van der Waals surface area contributed by atoms with E-state index in [-0.39, 0.29) is 30.6 Å². The highest BCUT2D eigenvalue weighted by Crippen LogP contribution is 2.25. The molecule has 0 spiro atoms. The second kappa shape index (κ2) is 8.61. The van der Waals surface area contributed by atoms with Crippen molar-refractivity contribution in [3.8, 4) is 0 Å². The molecule has 1 aliphatic heterocycles. The molecule has 0 bridgehead atoms. The quantitative estimate of drug-likeness (QED) is 0.645. The maximum atomic E-state index is 12.1. The maximum absolute atomic E-state index is 12.1. The normalized spacial score (nSPS) is 28.4. The van der Waals surface area contributed by atoms with Gasteiger partial charge >= 0.3 is 5.97 Å². The molecular weight excluding hydrogens is 300 g/mol. The van der Waals surface area contributed by atoms with Crippen molar-refractivity contribution >= 4 is 11.9 Å². The predicted octanol–water partition coefficient (Wildman–Crippen LogP) is 0.624. The molecule has 23 heavy (non-hydrogen) atoms. The third kappa shape index (κ3) is 5.44. The number of hydrogen-bond acceptors (Lipinski definition) is 5. The van der Waals surface area contributed by atoms with Gasteiger partial charge < -0.3 is 19.9 Å². The van der Waals surface area contributed by atoms with Crippen molar-refractivity contribution in [1.82, 2.24) is 10.2 Å². The van der Waals surface area contributed by atoms with Crippen LogP contribution in [-0.2, 0) is 19.1 Å². The van der Waals surface area contributed by atoms with E-state index in [1.165, 1.54) is 0 Å². The Morgan fingerprint density at radius 3 is 2.74 bits per heavy atom. The van der Waals surface area contributed by atoms with Gasteiger partial charge in [0, 0.05) is 18.7 Å². The molecule has 1 aliphatic carbocycles. The Hall–Kier alpha value is -1.18. The van der Waals surface area contributed by atoms with Crippen molar-refractivity contribution < 1.29 is 24.2 Å². The van der Waals surface area contributed by atoms with Crippen molar-refractivity contribution in [3.63, 3.8) is 0 Å². The Morgan fingerprint density at radius 1 is 1.43 bits per heavy atom. The molecule has 1 heterocycles. The van der Waals surface area contributed by atoms with Gasteiger partial charge in [-0.05, 0) is 39.2 Å². The minimum absolute atomic E-state index is 0.0583. The van der Waals surface area contributed by atoms with E-state index in [1.54, 1.807) is 6.92 Å². The summed E-state index contributed by atoms with van der Waals surface area (Å²) in [6.45, 7) is 5.72. The SMILES string of the molecule is CCN(CC(=O)O)C1CC(NC(=O)[C@H](C)OC[C@H]2CCCO2)C1. The number of aliphatic carboxylic acids is 1. The van der Waals surface area contributed by atoms with Crippen LogP contribution in [0, 0.1) is 0 Å². The minimum Gasteiger partial charge on any atom is -0.480 e. The van der Waals surface area contributed by atoms with E-state index >= 15 is 0 Å². The zero-order valence-electron chi connectivity index (χ0n) is 14.0. The van der Waals surface area contributed by atoms with Gasteiger partial charge in [0.25, 0.3) is 0 Å². The summed E-state index contributed by atoms with van der Waals surface area (Å²) in [5, 5.41) is 11.9. The monoisotopic (exact) mass is 328 g/mol. The predicted molar refractivity (Wildman–Crippen MR) is 84.2 cm³/mol. The van der Waals surface area contributed by atoms with Gasteiger partial charge in [-0.25, -0.2) is 0 Å². The maximum Gasteiger partial charge on any atom is 0.317 e. The number of rotatable bonds is 9. The third-order valence-corrected chi connectivity index (χ3v) is 4.65. The number of hydrogen-bond donors (Lipinski definition) is 2. The molecule has 0 radical (unpaired) electrons. The molecule has 0 unspecified atom stereocenters. The molecule has 2 fully saturated rings. The van der Waals surface area contributed by atoms with Crippen LogP contribution in [0.5, 0.6) is 0 Å². The number of likely N-dealkylation sites (N-methyl/N-ethyl adjacent to an activating group) is 1. The Labute approximate surface area is 137 Å². The first-order valence-electron chi connectivity index (χ1n) is 8.49. The summed E-state index contributed by atoms with van der Waals surface area (Å²) in [5.74, 6) is -0.914. The largest absolute Gasteiger partial charge is 0.480 e. The highest BCUT2D eigenvalue weighted by molar-refractivity contribution is 5.80. The van der Waals surface area contributed by atoms with Crippen molar-refractivity contribution in [1.29, 1.82) is 0 Å². The molecule has 2 aliphatic rings. The molecule has 0 aromatic carbocycles. The number of amides is 1. The Balaban J connectivity index is 1.63. The fourth-order valence-corrected chi connectivity index (χ4v) is 3.10. The molecule has 0 aromatic heterocycles. The zero-order valence-corrected chi connectivity index (χ0v) is 14.0. The molecule has 1 saturated carbocycles. The van der Waals surface area contributed by atoms with Gasteiger partial charge in [0.1, 0.15) is 6.10 Å². The number of carbonyl (C=O) groups excluding carboxylic acids is 1. The summed E-state index contributed by atoms with van der Waals surface area (Å²) >= 11 is 0. The fraction of sp³-hybridized carbons (Fsp3) is 0.875. The number of carbonyl (C=O) groups is 2. The molecule has 2 N–H and O–H groups in total. The van der Waals surface area contributed by atoms with E-state index < -0.39 is 12.1 Å². The van der Waals surface area contributed by atoms with Crippen LogP contribution in [-0.4, -0.2) is 72.5 Å².